The molecular formula is C23H32FN5O2. The highest BCUT2D eigenvalue weighted by molar-refractivity contribution is 5.74. The van der Waals surface area contributed by atoms with Crippen LogP contribution in [-0.2, 0) is 17.8 Å². The van der Waals surface area contributed by atoms with E-state index < -0.39 is 0 Å². The van der Waals surface area contributed by atoms with E-state index in [1.807, 2.05) is 17.9 Å². The highest BCUT2D eigenvalue weighted by Gasteiger charge is 2.26. The molecule has 1 aliphatic heterocycles. The third-order valence-electron chi connectivity index (χ3n) is 5.41. The van der Waals surface area contributed by atoms with E-state index in [0.717, 1.165) is 22.9 Å². The Balaban J connectivity index is 1.97. The average molecular weight is 430 g/mol. The minimum atomic E-state index is -0.245. The molecule has 0 spiro atoms. The lowest BCUT2D eigenvalue weighted by Crippen LogP contribution is -2.52. The van der Waals surface area contributed by atoms with Crippen molar-refractivity contribution in [2.24, 2.45) is 0 Å². The van der Waals surface area contributed by atoms with Gasteiger partial charge in [0.15, 0.2) is 0 Å². The van der Waals surface area contributed by atoms with Gasteiger partial charge in [-0.05, 0) is 18.6 Å². The number of piperazine rings is 1. The largest absolute Gasteiger partial charge is 0.378 e. The van der Waals surface area contributed by atoms with Gasteiger partial charge in [0.2, 0.25) is 0 Å². The number of amides is 2. The molecule has 0 saturated carbocycles. The number of urea groups is 1. The van der Waals surface area contributed by atoms with Crippen molar-refractivity contribution in [3.8, 4) is 0 Å². The first-order chi connectivity index (χ1) is 14.9. The molecule has 1 fully saturated rings. The molecule has 0 atom stereocenters. The van der Waals surface area contributed by atoms with Crippen LogP contribution in [0.5, 0.6) is 0 Å². The summed E-state index contributed by atoms with van der Waals surface area (Å²) in [5, 5.41) is 2.85. The number of ether oxygens (including phenoxy) is 1. The molecule has 0 unspecified atom stereocenters. The van der Waals surface area contributed by atoms with Crippen molar-refractivity contribution in [3.05, 3.63) is 52.7 Å². The van der Waals surface area contributed by atoms with Crippen LogP contribution < -0.4 is 10.2 Å². The Morgan fingerprint density at radius 2 is 1.90 bits per heavy atom. The van der Waals surface area contributed by atoms with E-state index in [4.69, 9.17) is 14.7 Å². The lowest BCUT2D eigenvalue weighted by Gasteiger charge is -2.36. The maximum absolute atomic E-state index is 14.5. The maximum atomic E-state index is 14.5. The second-order valence-corrected chi connectivity index (χ2v) is 8.00. The Morgan fingerprint density at radius 1 is 1.19 bits per heavy atom. The van der Waals surface area contributed by atoms with Crippen LogP contribution in [0.1, 0.15) is 49.3 Å². The average Bonchev–Trinajstić information content (AvgIpc) is 2.76. The fraction of sp³-hybridized carbons (Fsp3) is 0.522. The Labute approximate surface area is 183 Å². The van der Waals surface area contributed by atoms with E-state index in [9.17, 15) is 9.18 Å². The first-order valence-corrected chi connectivity index (χ1v) is 10.8. The minimum absolute atomic E-state index is 0.0423. The van der Waals surface area contributed by atoms with Crippen LogP contribution >= 0.6 is 0 Å². The van der Waals surface area contributed by atoms with E-state index >= 15 is 0 Å². The van der Waals surface area contributed by atoms with E-state index in [2.05, 4.69) is 24.1 Å². The Kier molecular flexibility index (Phi) is 7.79. The Bertz CT molecular complexity index is 898. The number of aromatic nitrogens is 2. The first-order valence-electron chi connectivity index (χ1n) is 10.8. The van der Waals surface area contributed by atoms with Gasteiger partial charge in [0, 0.05) is 57.7 Å². The van der Waals surface area contributed by atoms with Crippen LogP contribution in [0.25, 0.3) is 0 Å². The molecule has 168 valence electrons. The molecule has 1 aromatic carbocycles. The van der Waals surface area contributed by atoms with Crippen LogP contribution in [0.3, 0.4) is 0 Å². The SMILES string of the molecule is CCNC(=O)N1CCN(c2nc(C(C)C)nc(COC)c2Cc2ccccc2F)CC1. The summed E-state index contributed by atoms with van der Waals surface area (Å²) < 4.78 is 19.9. The van der Waals surface area contributed by atoms with Crippen molar-refractivity contribution in [1.29, 1.82) is 0 Å². The number of methoxy groups -OCH3 is 1. The zero-order chi connectivity index (χ0) is 22.4. The predicted molar refractivity (Wildman–Crippen MR) is 119 cm³/mol. The summed E-state index contributed by atoms with van der Waals surface area (Å²) in [5.74, 6) is 1.45. The van der Waals surface area contributed by atoms with Crippen LogP contribution in [0.2, 0.25) is 0 Å². The molecule has 31 heavy (non-hydrogen) atoms. The van der Waals surface area contributed by atoms with Gasteiger partial charge in [0.1, 0.15) is 17.5 Å². The zero-order valence-corrected chi connectivity index (χ0v) is 18.8. The molecule has 7 nitrogen and oxygen atoms in total. The number of hydrogen-bond donors (Lipinski definition) is 1. The molecular weight excluding hydrogens is 397 g/mol. The van der Waals surface area contributed by atoms with Gasteiger partial charge in [-0.1, -0.05) is 32.0 Å². The number of anilines is 1. The standard InChI is InChI=1S/C23H32FN5O2/c1-5-25-23(30)29-12-10-28(11-13-29)22-18(14-17-8-6-7-9-19(17)24)20(15-31-4)26-21(27-22)16(2)3/h6-9,16H,5,10-15H2,1-4H3,(H,25,30). The third kappa shape index (κ3) is 5.50. The van der Waals surface area contributed by atoms with E-state index in [0.29, 0.717) is 51.3 Å². The quantitative estimate of drug-likeness (QED) is 0.731. The van der Waals surface area contributed by atoms with E-state index in [1.54, 1.807) is 19.2 Å². The molecule has 0 aliphatic carbocycles. The molecule has 3 rings (SSSR count). The summed E-state index contributed by atoms with van der Waals surface area (Å²) in [5.41, 5.74) is 2.26. The summed E-state index contributed by atoms with van der Waals surface area (Å²) in [6, 6.07) is 6.75. The number of carbonyl (C=O) groups excluding carboxylic acids is 1. The summed E-state index contributed by atoms with van der Waals surface area (Å²) in [4.78, 5) is 25.8. The number of carbonyl (C=O) groups is 1. The monoisotopic (exact) mass is 429 g/mol. The second-order valence-electron chi connectivity index (χ2n) is 8.00. The normalized spacial score (nSPS) is 14.3. The fourth-order valence-electron chi connectivity index (χ4n) is 3.71. The molecule has 1 saturated heterocycles. The molecule has 1 aliphatic rings. The maximum Gasteiger partial charge on any atom is 0.317 e. The van der Waals surface area contributed by atoms with Gasteiger partial charge in [-0.25, -0.2) is 19.2 Å². The van der Waals surface area contributed by atoms with Gasteiger partial charge in [-0.3, -0.25) is 0 Å². The Hall–Kier alpha value is -2.74. The molecule has 0 radical (unpaired) electrons. The Morgan fingerprint density at radius 3 is 2.52 bits per heavy atom. The van der Waals surface area contributed by atoms with Crippen molar-refractivity contribution in [3.63, 3.8) is 0 Å². The van der Waals surface area contributed by atoms with Gasteiger partial charge < -0.3 is 19.9 Å². The first kappa shape index (κ1) is 22.9. The number of halogens is 1. The zero-order valence-electron chi connectivity index (χ0n) is 18.8. The minimum Gasteiger partial charge on any atom is -0.378 e. The fourth-order valence-corrected chi connectivity index (χ4v) is 3.71. The molecule has 2 aromatic rings. The number of nitrogens with zero attached hydrogens (tertiary/aromatic N) is 4. The van der Waals surface area contributed by atoms with Crippen molar-refractivity contribution in [2.75, 3.05) is 44.7 Å². The van der Waals surface area contributed by atoms with Crippen molar-refractivity contribution >= 4 is 11.8 Å². The van der Waals surface area contributed by atoms with Gasteiger partial charge in [0.25, 0.3) is 0 Å². The van der Waals surface area contributed by atoms with Crippen LogP contribution in [0, 0.1) is 5.82 Å². The number of nitrogens with one attached hydrogen (secondary N) is 1. The van der Waals surface area contributed by atoms with Crippen molar-refractivity contribution in [2.45, 2.75) is 39.7 Å². The molecule has 0 bridgehead atoms. The third-order valence-corrected chi connectivity index (χ3v) is 5.41. The molecule has 1 aromatic heterocycles. The van der Waals surface area contributed by atoms with Crippen LogP contribution in [0.4, 0.5) is 15.0 Å². The number of benzene rings is 1. The second kappa shape index (κ2) is 10.5. The van der Waals surface area contributed by atoms with Gasteiger partial charge in [0.05, 0.1) is 12.3 Å². The molecule has 2 amide bonds. The van der Waals surface area contributed by atoms with Crippen molar-refractivity contribution in [1.82, 2.24) is 20.2 Å². The summed E-state index contributed by atoms with van der Waals surface area (Å²) >= 11 is 0. The van der Waals surface area contributed by atoms with E-state index in [1.165, 1.54) is 6.07 Å². The lowest BCUT2D eigenvalue weighted by molar-refractivity contribution is 0.180. The number of hydrogen-bond acceptors (Lipinski definition) is 5. The smallest absolute Gasteiger partial charge is 0.317 e. The molecule has 8 heteroatoms. The highest BCUT2D eigenvalue weighted by Crippen LogP contribution is 2.28. The van der Waals surface area contributed by atoms with Crippen LogP contribution in [-0.4, -0.2) is 60.7 Å². The summed E-state index contributed by atoms with van der Waals surface area (Å²) in [6.07, 6.45) is 0.385. The lowest BCUT2D eigenvalue weighted by atomic mass is 10.0. The summed E-state index contributed by atoms with van der Waals surface area (Å²) in [6.45, 7) is 9.48. The van der Waals surface area contributed by atoms with Crippen LogP contribution in [0.15, 0.2) is 24.3 Å². The number of rotatable bonds is 7. The van der Waals surface area contributed by atoms with E-state index in [-0.39, 0.29) is 17.8 Å². The van der Waals surface area contributed by atoms with Gasteiger partial charge >= 0.3 is 6.03 Å². The van der Waals surface area contributed by atoms with Gasteiger partial charge in [-0.2, -0.15) is 0 Å². The predicted octanol–water partition coefficient (Wildman–Crippen LogP) is 3.33. The van der Waals surface area contributed by atoms with Crippen molar-refractivity contribution < 1.29 is 13.9 Å². The molecule has 1 N–H and O–H groups in total. The highest BCUT2D eigenvalue weighted by atomic mass is 19.1. The summed E-state index contributed by atoms with van der Waals surface area (Å²) in [7, 11) is 1.63. The van der Waals surface area contributed by atoms with Gasteiger partial charge in [-0.15, -0.1) is 0 Å². The topological polar surface area (TPSA) is 70.6 Å². The molecule has 2 heterocycles.